The molecule has 0 radical (unpaired) electrons. The van der Waals surface area contributed by atoms with E-state index in [2.05, 4.69) is 39.9 Å². The van der Waals surface area contributed by atoms with Crippen molar-refractivity contribution in [3.63, 3.8) is 0 Å². The van der Waals surface area contributed by atoms with Gasteiger partial charge in [0, 0.05) is 24.6 Å². The Morgan fingerprint density at radius 2 is 1.94 bits per heavy atom. The van der Waals surface area contributed by atoms with Gasteiger partial charge in [-0.25, -0.2) is 0 Å². The average molecular weight is 227 g/mol. The molecule has 0 aliphatic heterocycles. The van der Waals surface area contributed by atoms with E-state index in [0.717, 1.165) is 12.5 Å². The quantitative estimate of drug-likeness (QED) is 0.774. The van der Waals surface area contributed by atoms with E-state index in [9.17, 15) is 5.11 Å². The Kier molecular flexibility index (Phi) is 4.42. The van der Waals surface area contributed by atoms with Crippen molar-refractivity contribution < 1.29 is 5.11 Å². The fourth-order valence-electron chi connectivity index (χ4n) is 2.98. The maximum absolute atomic E-state index is 9.24. The van der Waals surface area contributed by atoms with Crippen LogP contribution in [0.15, 0.2) is 0 Å². The Bertz CT molecular complexity index is 223. The molecule has 0 aromatic rings. The predicted octanol–water partition coefficient (Wildman–Crippen LogP) is 2.81. The molecule has 2 atom stereocenters. The van der Waals surface area contributed by atoms with Gasteiger partial charge in [0.2, 0.25) is 0 Å². The molecule has 0 amide bonds. The number of aliphatic hydroxyl groups is 1. The minimum atomic E-state index is 0.00479. The second-order valence-electron chi connectivity index (χ2n) is 7.31. The largest absolute Gasteiger partial charge is 0.396 e. The second-order valence-corrected chi connectivity index (χ2v) is 7.31. The zero-order valence-corrected chi connectivity index (χ0v) is 11.6. The summed E-state index contributed by atoms with van der Waals surface area (Å²) >= 11 is 0. The van der Waals surface area contributed by atoms with Crippen molar-refractivity contribution in [3.8, 4) is 0 Å². The van der Waals surface area contributed by atoms with Crippen LogP contribution in [0.1, 0.15) is 53.9 Å². The molecule has 0 spiro atoms. The lowest BCUT2D eigenvalue weighted by atomic mass is 9.70. The third kappa shape index (κ3) is 4.42. The SMILES string of the molecule is CC1CC(NCC(C)(C)CO)CC(C)(C)C1. The average Bonchev–Trinajstić information content (AvgIpc) is 2.12. The third-order valence-electron chi connectivity index (χ3n) is 3.68. The van der Waals surface area contributed by atoms with Crippen LogP contribution in [-0.2, 0) is 0 Å². The Labute approximate surface area is 101 Å². The van der Waals surface area contributed by atoms with Crippen LogP contribution in [-0.4, -0.2) is 24.3 Å². The van der Waals surface area contributed by atoms with Gasteiger partial charge < -0.3 is 10.4 Å². The minimum Gasteiger partial charge on any atom is -0.396 e. The van der Waals surface area contributed by atoms with Crippen LogP contribution in [0.5, 0.6) is 0 Å². The van der Waals surface area contributed by atoms with Gasteiger partial charge in [-0.05, 0) is 30.6 Å². The lowest BCUT2D eigenvalue weighted by molar-refractivity contribution is 0.120. The molecule has 96 valence electrons. The maximum Gasteiger partial charge on any atom is 0.0494 e. The fourth-order valence-corrected chi connectivity index (χ4v) is 2.98. The van der Waals surface area contributed by atoms with Crippen LogP contribution in [0, 0.1) is 16.7 Å². The van der Waals surface area contributed by atoms with E-state index in [0.29, 0.717) is 11.5 Å². The first-order chi connectivity index (χ1) is 7.24. The Hall–Kier alpha value is -0.0800. The second kappa shape index (κ2) is 5.05. The molecule has 0 heterocycles. The van der Waals surface area contributed by atoms with Gasteiger partial charge >= 0.3 is 0 Å². The van der Waals surface area contributed by atoms with Crippen molar-refractivity contribution in [2.45, 2.75) is 59.9 Å². The Morgan fingerprint density at radius 3 is 2.44 bits per heavy atom. The van der Waals surface area contributed by atoms with Crippen molar-refractivity contribution in [2.75, 3.05) is 13.2 Å². The molecule has 0 aromatic heterocycles. The van der Waals surface area contributed by atoms with E-state index in [-0.39, 0.29) is 12.0 Å². The molecule has 1 rings (SSSR count). The molecule has 1 fully saturated rings. The molecule has 2 unspecified atom stereocenters. The third-order valence-corrected chi connectivity index (χ3v) is 3.68. The summed E-state index contributed by atoms with van der Waals surface area (Å²) in [5.74, 6) is 0.818. The zero-order valence-electron chi connectivity index (χ0n) is 11.6. The summed E-state index contributed by atoms with van der Waals surface area (Å²) in [6, 6.07) is 0.629. The molecule has 0 bridgehead atoms. The molecular formula is C14H29NO. The van der Waals surface area contributed by atoms with Crippen molar-refractivity contribution in [1.82, 2.24) is 5.32 Å². The molecule has 1 saturated carbocycles. The van der Waals surface area contributed by atoms with E-state index in [1.807, 2.05) is 0 Å². The lowest BCUT2D eigenvalue weighted by Crippen LogP contribution is -2.44. The van der Waals surface area contributed by atoms with E-state index in [1.54, 1.807) is 0 Å². The molecule has 0 aromatic carbocycles. The standard InChI is InChI=1S/C14H29NO/c1-11-6-12(8-13(2,3)7-11)15-9-14(4,5)10-16/h11-12,15-16H,6-10H2,1-5H3. The van der Waals surface area contributed by atoms with Crippen molar-refractivity contribution in [1.29, 1.82) is 0 Å². The highest BCUT2D eigenvalue weighted by Crippen LogP contribution is 2.38. The molecule has 2 heteroatoms. The summed E-state index contributed by atoms with van der Waals surface area (Å²) in [6.07, 6.45) is 3.89. The first-order valence-corrected chi connectivity index (χ1v) is 6.58. The summed E-state index contributed by atoms with van der Waals surface area (Å²) in [6.45, 7) is 12.5. The van der Waals surface area contributed by atoms with Gasteiger partial charge in [-0.3, -0.25) is 0 Å². The summed E-state index contributed by atoms with van der Waals surface area (Å²) in [5, 5.41) is 12.9. The highest BCUT2D eigenvalue weighted by Gasteiger charge is 2.32. The molecule has 1 aliphatic carbocycles. The highest BCUT2D eigenvalue weighted by atomic mass is 16.3. The van der Waals surface area contributed by atoms with Crippen LogP contribution in [0.3, 0.4) is 0 Å². The highest BCUT2D eigenvalue weighted by molar-refractivity contribution is 4.87. The van der Waals surface area contributed by atoms with Crippen molar-refractivity contribution >= 4 is 0 Å². The van der Waals surface area contributed by atoms with Crippen LogP contribution in [0.4, 0.5) is 0 Å². The summed E-state index contributed by atoms with van der Waals surface area (Å²) in [5.41, 5.74) is 0.476. The van der Waals surface area contributed by atoms with E-state index < -0.39 is 0 Å². The van der Waals surface area contributed by atoms with Gasteiger partial charge in [0.1, 0.15) is 0 Å². The van der Waals surface area contributed by atoms with Gasteiger partial charge in [0.15, 0.2) is 0 Å². The minimum absolute atomic E-state index is 0.00479. The fraction of sp³-hybridized carbons (Fsp3) is 1.00. The molecule has 0 saturated heterocycles. The van der Waals surface area contributed by atoms with E-state index >= 15 is 0 Å². The summed E-state index contributed by atoms with van der Waals surface area (Å²) in [4.78, 5) is 0. The Balaban J connectivity index is 2.43. The summed E-state index contributed by atoms with van der Waals surface area (Å²) < 4.78 is 0. The van der Waals surface area contributed by atoms with Gasteiger partial charge in [0.05, 0.1) is 0 Å². The van der Waals surface area contributed by atoms with Crippen LogP contribution in [0.25, 0.3) is 0 Å². The maximum atomic E-state index is 9.24. The first kappa shape index (κ1) is 14.0. The van der Waals surface area contributed by atoms with Gasteiger partial charge in [-0.1, -0.05) is 34.6 Å². The predicted molar refractivity (Wildman–Crippen MR) is 69.5 cm³/mol. The number of hydrogen-bond acceptors (Lipinski definition) is 2. The van der Waals surface area contributed by atoms with Crippen molar-refractivity contribution in [2.24, 2.45) is 16.7 Å². The lowest BCUT2D eigenvalue weighted by Gasteiger charge is -2.40. The normalized spacial score (nSPS) is 30.4. The van der Waals surface area contributed by atoms with E-state index in [4.69, 9.17) is 0 Å². The molecule has 2 nitrogen and oxygen atoms in total. The molecular weight excluding hydrogens is 198 g/mol. The van der Waals surface area contributed by atoms with E-state index in [1.165, 1.54) is 19.3 Å². The summed E-state index contributed by atoms with van der Waals surface area (Å²) in [7, 11) is 0. The molecule has 16 heavy (non-hydrogen) atoms. The number of rotatable bonds is 4. The monoisotopic (exact) mass is 227 g/mol. The molecule has 2 N–H and O–H groups in total. The first-order valence-electron chi connectivity index (χ1n) is 6.58. The van der Waals surface area contributed by atoms with Crippen LogP contribution >= 0.6 is 0 Å². The van der Waals surface area contributed by atoms with Crippen LogP contribution < -0.4 is 5.32 Å². The smallest absolute Gasteiger partial charge is 0.0494 e. The topological polar surface area (TPSA) is 32.3 Å². The van der Waals surface area contributed by atoms with Gasteiger partial charge in [-0.2, -0.15) is 0 Å². The van der Waals surface area contributed by atoms with Crippen molar-refractivity contribution in [3.05, 3.63) is 0 Å². The van der Waals surface area contributed by atoms with Gasteiger partial charge in [0.25, 0.3) is 0 Å². The zero-order chi connectivity index (χ0) is 12.4. The van der Waals surface area contributed by atoms with Crippen LogP contribution in [0.2, 0.25) is 0 Å². The molecule has 1 aliphatic rings. The number of aliphatic hydroxyl groups excluding tert-OH is 1. The number of hydrogen-bond donors (Lipinski definition) is 2. The Morgan fingerprint density at radius 1 is 1.31 bits per heavy atom. The number of nitrogens with one attached hydrogen (secondary N) is 1. The van der Waals surface area contributed by atoms with Gasteiger partial charge in [-0.15, -0.1) is 0 Å².